The van der Waals surface area contributed by atoms with Gasteiger partial charge in [0.1, 0.15) is 18.0 Å². The molecule has 0 radical (unpaired) electrons. The molecular formula is C23H22N4O6. The lowest BCUT2D eigenvalue weighted by Gasteiger charge is -2.10. The Morgan fingerprint density at radius 2 is 1.64 bits per heavy atom. The van der Waals surface area contributed by atoms with Crippen molar-refractivity contribution in [1.29, 1.82) is 0 Å². The minimum absolute atomic E-state index is 0.00539. The molecule has 0 atom stereocenters. The van der Waals surface area contributed by atoms with Gasteiger partial charge in [-0.25, -0.2) is 4.68 Å². The average Bonchev–Trinajstić information content (AvgIpc) is 3.32. The Hall–Kier alpha value is -4.34. The Morgan fingerprint density at radius 1 is 0.848 bits per heavy atom. The van der Waals surface area contributed by atoms with Crippen molar-refractivity contribution in [3.05, 3.63) is 64.8 Å². The average molecular weight is 450 g/mol. The molecule has 33 heavy (non-hydrogen) atoms. The van der Waals surface area contributed by atoms with Crippen molar-refractivity contribution in [3.63, 3.8) is 0 Å². The summed E-state index contributed by atoms with van der Waals surface area (Å²) in [5.74, 6) is 2.89. The second kappa shape index (κ2) is 9.43. The third-order valence-electron chi connectivity index (χ3n) is 4.95. The number of rotatable bonds is 8. The van der Waals surface area contributed by atoms with Crippen LogP contribution >= 0.6 is 0 Å². The highest BCUT2D eigenvalue weighted by atomic mass is 16.5. The van der Waals surface area contributed by atoms with Crippen molar-refractivity contribution < 1.29 is 23.5 Å². The SMILES string of the molecule is COc1ccc(-c2noc(Cn3nc(-c4ccc(OC)c(OC)c4)ccc3=O)n2)c(OC)c1. The van der Waals surface area contributed by atoms with Crippen molar-refractivity contribution in [1.82, 2.24) is 19.9 Å². The molecule has 0 aliphatic rings. The maximum atomic E-state index is 12.4. The number of ether oxygens (including phenoxy) is 4. The van der Waals surface area contributed by atoms with Crippen LogP contribution in [0.4, 0.5) is 0 Å². The quantitative estimate of drug-likeness (QED) is 0.400. The molecule has 2 heterocycles. The van der Waals surface area contributed by atoms with Crippen LogP contribution in [0.15, 0.2) is 57.8 Å². The first-order chi connectivity index (χ1) is 16.1. The van der Waals surface area contributed by atoms with E-state index in [1.165, 1.54) is 10.7 Å². The van der Waals surface area contributed by atoms with E-state index in [0.29, 0.717) is 40.1 Å². The number of hydrogen-bond donors (Lipinski definition) is 0. The Labute approximate surface area is 189 Å². The van der Waals surface area contributed by atoms with E-state index in [-0.39, 0.29) is 18.0 Å². The van der Waals surface area contributed by atoms with Gasteiger partial charge in [-0.3, -0.25) is 4.79 Å². The van der Waals surface area contributed by atoms with Crippen molar-refractivity contribution in [2.24, 2.45) is 0 Å². The smallest absolute Gasteiger partial charge is 0.267 e. The summed E-state index contributed by atoms with van der Waals surface area (Å²) < 4.78 is 27.9. The van der Waals surface area contributed by atoms with Crippen LogP contribution < -0.4 is 24.5 Å². The number of methoxy groups -OCH3 is 4. The van der Waals surface area contributed by atoms with E-state index in [1.807, 2.05) is 6.07 Å². The highest BCUT2D eigenvalue weighted by Crippen LogP contribution is 2.32. The summed E-state index contributed by atoms with van der Waals surface area (Å²) in [7, 11) is 6.24. The number of benzene rings is 2. The van der Waals surface area contributed by atoms with Gasteiger partial charge in [0.05, 0.1) is 39.7 Å². The number of hydrogen-bond acceptors (Lipinski definition) is 9. The van der Waals surface area contributed by atoms with Crippen LogP contribution in [0, 0.1) is 0 Å². The van der Waals surface area contributed by atoms with Crippen molar-refractivity contribution in [2.75, 3.05) is 28.4 Å². The first-order valence-electron chi connectivity index (χ1n) is 9.91. The van der Waals surface area contributed by atoms with Gasteiger partial charge in [-0.1, -0.05) is 5.16 Å². The molecule has 0 aliphatic carbocycles. The van der Waals surface area contributed by atoms with Crippen molar-refractivity contribution in [3.8, 4) is 45.6 Å². The molecule has 2 aromatic carbocycles. The maximum absolute atomic E-state index is 12.4. The third-order valence-corrected chi connectivity index (χ3v) is 4.95. The van der Waals surface area contributed by atoms with Crippen LogP contribution in [-0.2, 0) is 6.54 Å². The van der Waals surface area contributed by atoms with Crippen LogP contribution in [0.1, 0.15) is 5.89 Å². The van der Waals surface area contributed by atoms with Gasteiger partial charge in [0.15, 0.2) is 11.5 Å². The van der Waals surface area contributed by atoms with E-state index < -0.39 is 0 Å². The van der Waals surface area contributed by atoms with Gasteiger partial charge in [0.25, 0.3) is 5.56 Å². The van der Waals surface area contributed by atoms with Gasteiger partial charge in [0.2, 0.25) is 11.7 Å². The predicted octanol–water partition coefficient (Wildman–Crippen LogP) is 3.04. The van der Waals surface area contributed by atoms with Crippen molar-refractivity contribution >= 4 is 0 Å². The monoisotopic (exact) mass is 450 g/mol. The van der Waals surface area contributed by atoms with E-state index in [9.17, 15) is 4.79 Å². The van der Waals surface area contributed by atoms with E-state index in [2.05, 4.69) is 15.2 Å². The fourth-order valence-corrected chi connectivity index (χ4v) is 3.25. The van der Waals surface area contributed by atoms with Crippen LogP contribution in [0.25, 0.3) is 22.6 Å². The van der Waals surface area contributed by atoms with E-state index >= 15 is 0 Å². The Balaban J connectivity index is 1.63. The van der Waals surface area contributed by atoms with Gasteiger partial charge in [0, 0.05) is 17.7 Å². The molecule has 170 valence electrons. The molecule has 0 bridgehead atoms. The molecular weight excluding hydrogens is 428 g/mol. The van der Waals surface area contributed by atoms with E-state index in [0.717, 1.165) is 5.56 Å². The van der Waals surface area contributed by atoms with Crippen LogP contribution in [0.2, 0.25) is 0 Å². The van der Waals surface area contributed by atoms with Gasteiger partial charge in [-0.2, -0.15) is 10.1 Å². The summed E-state index contributed by atoms with van der Waals surface area (Å²) in [6.07, 6.45) is 0. The minimum atomic E-state index is -0.305. The Bertz CT molecular complexity index is 1330. The minimum Gasteiger partial charge on any atom is -0.497 e. The lowest BCUT2D eigenvalue weighted by Crippen LogP contribution is -2.23. The molecule has 10 heteroatoms. The first-order valence-corrected chi connectivity index (χ1v) is 9.91. The molecule has 0 saturated carbocycles. The zero-order valence-electron chi connectivity index (χ0n) is 18.6. The fourth-order valence-electron chi connectivity index (χ4n) is 3.25. The summed E-state index contributed by atoms with van der Waals surface area (Å²) in [6.45, 7) is 0.00539. The molecule has 0 N–H and O–H groups in total. The molecule has 0 aliphatic heterocycles. The molecule has 4 rings (SSSR count). The molecule has 2 aromatic heterocycles. The van der Waals surface area contributed by atoms with E-state index in [1.54, 1.807) is 64.8 Å². The fraction of sp³-hybridized carbons (Fsp3) is 0.217. The topological polar surface area (TPSA) is 111 Å². The third kappa shape index (κ3) is 4.49. The van der Waals surface area contributed by atoms with Gasteiger partial charge >= 0.3 is 0 Å². The van der Waals surface area contributed by atoms with Crippen LogP contribution in [0.3, 0.4) is 0 Å². The molecule has 0 fully saturated rings. The summed E-state index contributed by atoms with van der Waals surface area (Å²) in [5.41, 5.74) is 1.66. The zero-order valence-corrected chi connectivity index (χ0v) is 18.6. The van der Waals surface area contributed by atoms with Crippen LogP contribution in [0.5, 0.6) is 23.0 Å². The maximum Gasteiger partial charge on any atom is 0.267 e. The molecule has 4 aromatic rings. The number of nitrogens with zero attached hydrogens (tertiary/aromatic N) is 4. The Kier molecular flexibility index (Phi) is 6.25. The normalized spacial score (nSPS) is 10.7. The summed E-state index contributed by atoms with van der Waals surface area (Å²) in [6, 6.07) is 13.7. The van der Waals surface area contributed by atoms with Gasteiger partial charge in [-0.15, -0.1) is 0 Å². The van der Waals surface area contributed by atoms with Gasteiger partial charge < -0.3 is 23.5 Å². The zero-order chi connectivity index (χ0) is 23.4. The molecule has 0 unspecified atom stereocenters. The highest BCUT2D eigenvalue weighted by molar-refractivity contribution is 5.65. The summed E-state index contributed by atoms with van der Waals surface area (Å²) in [5, 5.41) is 8.46. The number of aromatic nitrogens is 4. The second-order valence-electron chi connectivity index (χ2n) is 6.86. The lowest BCUT2D eigenvalue weighted by molar-refractivity contribution is 0.355. The largest absolute Gasteiger partial charge is 0.497 e. The standard InChI is InChI=1S/C23H22N4O6/c1-29-15-6-7-16(19(12-15)31-3)23-24-21(33-26-23)13-27-22(28)10-8-17(25-27)14-5-9-18(30-2)20(11-14)32-4/h5-12H,13H2,1-4H3. The summed E-state index contributed by atoms with van der Waals surface area (Å²) in [4.78, 5) is 16.8. The molecule has 0 amide bonds. The molecule has 0 saturated heterocycles. The van der Waals surface area contributed by atoms with Crippen LogP contribution in [-0.4, -0.2) is 48.4 Å². The summed E-state index contributed by atoms with van der Waals surface area (Å²) >= 11 is 0. The lowest BCUT2D eigenvalue weighted by atomic mass is 10.1. The van der Waals surface area contributed by atoms with E-state index in [4.69, 9.17) is 23.5 Å². The van der Waals surface area contributed by atoms with Crippen molar-refractivity contribution in [2.45, 2.75) is 6.54 Å². The molecule has 10 nitrogen and oxygen atoms in total. The second-order valence-corrected chi connectivity index (χ2v) is 6.86. The van der Waals surface area contributed by atoms with Gasteiger partial charge in [-0.05, 0) is 36.4 Å². The highest BCUT2D eigenvalue weighted by Gasteiger charge is 2.16. The Morgan fingerprint density at radius 3 is 2.36 bits per heavy atom. The molecule has 0 spiro atoms. The predicted molar refractivity (Wildman–Crippen MR) is 119 cm³/mol. The first kappa shape index (κ1) is 21.9.